The molecule has 0 N–H and O–H groups in total. The number of ketones is 1. The normalized spacial score (nSPS) is 10.8. The molecule has 5 aromatic rings. The Hall–Kier alpha value is -4.55. The average molecular weight is 508 g/mol. The van der Waals surface area contributed by atoms with E-state index in [1.165, 1.54) is 0 Å². The van der Waals surface area contributed by atoms with Crippen molar-refractivity contribution < 1.29 is 14.3 Å². The highest BCUT2D eigenvalue weighted by Gasteiger charge is 2.22. The topological polar surface area (TPSA) is 74.1 Å². The molecular formula is C30H22ClN3O3. The number of esters is 1. The summed E-state index contributed by atoms with van der Waals surface area (Å²) in [5.41, 5.74) is 4.90. The van der Waals surface area contributed by atoms with Crippen LogP contribution >= 0.6 is 11.6 Å². The number of halogens is 1. The molecule has 6 nitrogen and oxygen atoms in total. The van der Waals surface area contributed by atoms with Crippen molar-refractivity contribution in [2.45, 2.75) is 6.92 Å². The molecule has 4 aromatic carbocycles. The number of aryl methyl sites for hydroxylation is 1. The zero-order chi connectivity index (χ0) is 25.8. The van der Waals surface area contributed by atoms with Gasteiger partial charge in [-0.1, -0.05) is 96.5 Å². The summed E-state index contributed by atoms with van der Waals surface area (Å²) in [5, 5.41) is 4.95. The molecule has 0 bridgehead atoms. The number of carbonyl (C=O) groups excluding carboxylic acids is 2. The van der Waals surface area contributed by atoms with Gasteiger partial charge in [-0.3, -0.25) is 4.79 Å². The minimum absolute atomic E-state index is 0.148. The van der Waals surface area contributed by atoms with Gasteiger partial charge in [-0.2, -0.15) is 0 Å². The molecule has 0 aliphatic carbocycles. The summed E-state index contributed by atoms with van der Waals surface area (Å²) >= 11 is 6.19. The minimum Gasteiger partial charge on any atom is -0.451 e. The number of benzene rings is 4. The van der Waals surface area contributed by atoms with Gasteiger partial charge in [0, 0.05) is 16.1 Å². The van der Waals surface area contributed by atoms with Gasteiger partial charge in [-0.25, -0.2) is 14.5 Å². The number of hydrogen-bond donors (Lipinski definition) is 0. The van der Waals surface area contributed by atoms with Crippen LogP contribution in [0, 0.1) is 6.92 Å². The third-order valence-corrected chi connectivity index (χ3v) is 6.10. The van der Waals surface area contributed by atoms with Gasteiger partial charge in [-0.15, -0.1) is 5.10 Å². The average Bonchev–Trinajstić information content (AvgIpc) is 3.38. The van der Waals surface area contributed by atoms with Gasteiger partial charge < -0.3 is 4.74 Å². The van der Waals surface area contributed by atoms with E-state index < -0.39 is 12.6 Å². The summed E-state index contributed by atoms with van der Waals surface area (Å²) in [4.78, 5) is 30.0. The SMILES string of the molecule is Cc1ccccc1-n1nc(C(=O)OCC(=O)c2ccc(-c3ccccc3)cc2)nc1-c1cccc(Cl)c1. The summed E-state index contributed by atoms with van der Waals surface area (Å²) in [6.07, 6.45) is 0. The first-order valence-corrected chi connectivity index (χ1v) is 12.0. The molecule has 37 heavy (non-hydrogen) atoms. The fraction of sp³-hybridized carbons (Fsp3) is 0.0667. The summed E-state index contributed by atoms with van der Waals surface area (Å²) in [5.74, 6) is -0.816. The molecule has 5 rings (SSSR count). The van der Waals surface area contributed by atoms with Gasteiger partial charge in [0.2, 0.25) is 0 Å². The van der Waals surface area contributed by atoms with E-state index >= 15 is 0 Å². The van der Waals surface area contributed by atoms with Crippen molar-refractivity contribution in [2.75, 3.05) is 6.61 Å². The Morgan fingerprint density at radius 1 is 0.811 bits per heavy atom. The van der Waals surface area contributed by atoms with Crippen molar-refractivity contribution in [3.8, 4) is 28.2 Å². The molecule has 0 atom stereocenters. The molecule has 1 heterocycles. The van der Waals surface area contributed by atoms with Crippen LogP contribution in [0.1, 0.15) is 26.5 Å². The van der Waals surface area contributed by atoms with Gasteiger partial charge in [0.25, 0.3) is 5.82 Å². The highest BCUT2D eigenvalue weighted by molar-refractivity contribution is 6.30. The lowest BCUT2D eigenvalue weighted by molar-refractivity contribution is 0.0462. The van der Waals surface area contributed by atoms with Crippen LogP contribution in [0.5, 0.6) is 0 Å². The maximum absolute atomic E-state index is 12.9. The predicted octanol–water partition coefficient (Wildman–Crippen LogP) is 6.60. The predicted molar refractivity (Wildman–Crippen MR) is 143 cm³/mol. The monoisotopic (exact) mass is 507 g/mol. The van der Waals surface area contributed by atoms with Crippen LogP contribution in [-0.4, -0.2) is 33.1 Å². The van der Waals surface area contributed by atoms with E-state index in [1.807, 2.05) is 79.7 Å². The Bertz CT molecular complexity index is 1580. The number of hydrogen-bond acceptors (Lipinski definition) is 5. The third kappa shape index (κ3) is 5.34. The van der Waals surface area contributed by atoms with E-state index in [0.717, 1.165) is 22.4 Å². The quantitative estimate of drug-likeness (QED) is 0.183. The fourth-order valence-electron chi connectivity index (χ4n) is 3.94. The first-order chi connectivity index (χ1) is 18.0. The molecule has 0 radical (unpaired) electrons. The Kier molecular flexibility index (Phi) is 6.92. The van der Waals surface area contributed by atoms with E-state index in [4.69, 9.17) is 16.3 Å². The number of carbonyl (C=O) groups is 2. The zero-order valence-electron chi connectivity index (χ0n) is 20.0. The maximum atomic E-state index is 12.9. The molecule has 0 aliphatic rings. The Morgan fingerprint density at radius 2 is 1.49 bits per heavy atom. The number of nitrogens with zero attached hydrogens (tertiary/aromatic N) is 3. The maximum Gasteiger partial charge on any atom is 0.378 e. The van der Waals surface area contributed by atoms with E-state index in [2.05, 4.69) is 10.1 Å². The molecule has 182 valence electrons. The van der Waals surface area contributed by atoms with Gasteiger partial charge in [0.15, 0.2) is 18.2 Å². The molecule has 0 aliphatic heterocycles. The summed E-state index contributed by atoms with van der Waals surface area (Å²) in [6.45, 7) is 1.52. The van der Waals surface area contributed by atoms with Crippen LogP contribution in [0.25, 0.3) is 28.2 Å². The van der Waals surface area contributed by atoms with Gasteiger partial charge in [0.1, 0.15) is 0 Å². The number of aromatic nitrogens is 3. The molecule has 7 heteroatoms. The molecule has 0 unspecified atom stereocenters. The van der Waals surface area contributed by atoms with Crippen molar-refractivity contribution in [1.29, 1.82) is 0 Å². The molecule has 0 saturated heterocycles. The Balaban J connectivity index is 1.35. The van der Waals surface area contributed by atoms with Gasteiger partial charge in [-0.05, 0) is 41.8 Å². The summed E-state index contributed by atoms with van der Waals surface area (Å²) < 4.78 is 6.89. The van der Waals surface area contributed by atoms with Crippen LogP contribution in [0.15, 0.2) is 103 Å². The van der Waals surface area contributed by atoms with E-state index in [0.29, 0.717) is 22.0 Å². The lowest BCUT2D eigenvalue weighted by Gasteiger charge is -2.08. The zero-order valence-corrected chi connectivity index (χ0v) is 20.7. The fourth-order valence-corrected chi connectivity index (χ4v) is 4.13. The van der Waals surface area contributed by atoms with Crippen molar-refractivity contribution in [2.24, 2.45) is 0 Å². The molecule has 0 spiro atoms. The van der Waals surface area contributed by atoms with Crippen LogP contribution in [0.2, 0.25) is 5.02 Å². The molecular weight excluding hydrogens is 486 g/mol. The lowest BCUT2D eigenvalue weighted by Crippen LogP contribution is -2.15. The Morgan fingerprint density at radius 3 is 2.22 bits per heavy atom. The van der Waals surface area contributed by atoms with Crippen molar-refractivity contribution >= 4 is 23.4 Å². The molecule has 0 amide bonds. The largest absolute Gasteiger partial charge is 0.451 e. The number of rotatable bonds is 7. The van der Waals surface area contributed by atoms with E-state index in [1.54, 1.807) is 35.0 Å². The standard InChI is InChI=1S/C30H22ClN3O3/c1-20-8-5-6-13-26(20)34-29(24-11-7-12-25(31)18-24)32-28(33-34)30(36)37-19-27(35)23-16-14-22(15-17-23)21-9-3-2-4-10-21/h2-18H,19H2,1H3. The third-order valence-electron chi connectivity index (χ3n) is 5.86. The van der Waals surface area contributed by atoms with Crippen LogP contribution in [0.3, 0.4) is 0 Å². The van der Waals surface area contributed by atoms with Crippen molar-refractivity contribution in [3.05, 3.63) is 125 Å². The second kappa shape index (κ2) is 10.6. The van der Waals surface area contributed by atoms with Gasteiger partial charge >= 0.3 is 5.97 Å². The Labute approximate surface area is 219 Å². The minimum atomic E-state index is -0.787. The molecule has 0 saturated carbocycles. The molecule has 0 fully saturated rings. The molecule has 1 aromatic heterocycles. The van der Waals surface area contributed by atoms with Crippen molar-refractivity contribution in [3.63, 3.8) is 0 Å². The second-order valence-electron chi connectivity index (χ2n) is 8.41. The van der Waals surface area contributed by atoms with Crippen LogP contribution < -0.4 is 0 Å². The van der Waals surface area contributed by atoms with Crippen molar-refractivity contribution in [1.82, 2.24) is 14.8 Å². The number of ether oxygens (including phenoxy) is 1. The van der Waals surface area contributed by atoms with Gasteiger partial charge in [0.05, 0.1) is 5.69 Å². The highest BCUT2D eigenvalue weighted by Crippen LogP contribution is 2.26. The van der Waals surface area contributed by atoms with E-state index in [-0.39, 0.29) is 11.6 Å². The smallest absolute Gasteiger partial charge is 0.378 e. The highest BCUT2D eigenvalue weighted by atomic mass is 35.5. The lowest BCUT2D eigenvalue weighted by atomic mass is 10.0. The number of Topliss-reactive ketones (excluding diaryl/α,β-unsaturated/α-hetero) is 1. The second-order valence-corrected chi connectivity index (χ2v) is 8.85. The summed E-state index contributed by atoms with van der Waals surface area (Å²) in [6, 6.07) is 31.8. The number of para-hydroxylation sites is 1. The first kappa shape index (κ1) is 24.2. The van der Waals surface area contributed by atoms with Crippen LogP contribution in [0.4, 0.5) is 0 Å². The summed E-state index contributed by atoms with van der Waals surface area (Å²) in [7, 11) is 0. The first-order valence-electron chi connectivity index (χ1n) is 11.6. The van der Waals surface area contributed by atoms with E-state index in [9.17, 15) is 9.59 Å². The van der Waals surface area contributed by atoms with Crippen LogP contribution in [-0.2, 0) is 4.74 Å².